The summed E-state index contributed by atoms with van der Waals surface area (Å²) >= 11 is 0. The van der Waals surface area contributed by atoms with E-state index >= 15 is 4.39 Å². The van der Waals surface area contributed by atoms with Crippen LogP contribution in [0.3, 0.4) is 0 Å². The second-order valence-electron chi connectivity index (χ2n) is 15.0. The quantitative estimate of drug-likeness (QED) is 0.184. The second-order valence-corrected chi connectivity index (χ2v) is 15.0. The van der Waals surface area contributed by atoms with Crippen molar-refractivity contribution in [2.75, 3.05) is 6.61 Å². The summed E-state index contributed by atoms with van der Waals surface area (Å²) in [6, 6.07) is 16.1. The maximum absolute atomic E-state index is 15.4. The lowest BCUT2D eigenvalue weighted by Gasteiger charge is -2.31. The molecule has 0 aliphatic heterocycles. The number of halogens is 1. The first-order valence-corrected chi connectivity index (χ1v) is 19.1. The van der Waals surface area contributed by atoms with Crippen molar-refractivity contribution in [1.29, 1.82) is 0 Å². The molecular formula is C42H63FO. The molecule has 3 aliphatic rings. The van der Waals surface area contributed by atoms with Gasteiger partial charge in [-0.15, -0.1) is 0 Å². The second kappa shape index (κ2) is 17.9. The van der Waals surface area contributed by atoms with E-state index in [4.69, 9.17) is 4.74 Å². The van der Waals surface area contributed by atoms with Crippen molar-refractivity contribution in [2.45, 2.75) is 178 Å². The van der Waals surface area contributed by atoms with Gasteiger partial charge in [0.2, 0.25) is 0 Å². The minimum Gasteiger partial charge on any atom is -0.378 e. The molecule has 0 aromatic heterocycles. The van der Waals surface area contributed by atoms with Gasteiger partial charge < -0.3 is 4.74 Å². The number of hydrogen-bond acceptors (Lipinski definition) is 1. The van der Waals surface area contributed by atoms with Crippen molar-refractivity contribution in [3.8, 4) is 0 Å². The third-order valence-electron chi connectivity index (χ3n) is 11.9. The van der Waals surface area contributed by atoms with Crippen molar-refractivity contribution in [1.82, 2.24) is 0 Å². The summed E-state index contributed by atoms with van der Waals surface area (Å²) in [5.41, 5.74) is 5.28. The van der Waals surface area contributed by atoms with Gasteiger partial charge in [-0.05, 0) is 141 Å². The molecule has 0 spiro atoms. The van der Waals surface area contributed by atoms with Gasteiger partial charge in [0.25, 0.3) is 0 Å². The van der Waals surface area contributed by atoms with E-state index in [0.717, 1.165) is 56.1 Å². The summed E-state index contributed by atoms with van der Waals surface area (Å²) in [6.07, 6.45) is 27.4. The molecule has 0 N–H and O–H groups in total. The zero-order valence-electron chi connectivity index (χ0n) is 28.3. The van der Waals surface area contributed by atoms with E-state index in [0.29, 0.717) is 23.9 Å². The Labute approximate surface area is 270 Å². The highest BCUT2D eigenvalue weighted by Gasteiger charge is 2.28. The molecule has 3 aliphatic carbocycles. The van der Waals surface area contributed by atoms with Gasteiger partial charge in [0.1, 0.15) is 5.82 Å². The number of hydrogen-bond donors (Lipinski definition) is 0. The summed E-state index contributed by atoms with van der Waals surface area (Å²) in [5.74, 6) is 3.30. The molecule has 0 bridgehead atoms. The van der Waals surface area contributed by atoms with Crippen LogP contribution in [0.25, 0.3) is 0 Å². The average molecular weight is 603 g/mol. The van der Waals surface area contributed by atoms with Crippen LogP contribution in [-0.4, -0.2) is 12.7 Å². The largest absolute Gasteiger partial charge is 0.378 e. The molecule has 3 fully saturated rings. The number of unbranched alkanes of at least 4 members (excludes halogenated alkanes) is 6. The number of benzene rings is 2. The van der Waals surface area contributed by atoms with Gasteiger partial charge in [0.15, 0.2) is 0 Å². The summed E-state index contributed by atoms with van der Waals surface area (Å²) in [4.78, 5) is 0. The fourth-order valence-corrected chi connectivity index (χ4v) is 8.86. The van der Waals surface area contributed by atoms with E-state index in [1.165, 1.54) is 114 Å². The topological polar surface area (TPSA) is 9.23 Å². The van der Waals surface area contributed by atoms with Gasteiger partial charge in [-0.25, -0.2) is 4.39 Å². The Bertz CT molecular complexity index is 1070. The monoisotopic (exact) mass is 602 g/mol. The van der Waals surface area contributed by atoms with Crippen LogP contribution in [-0.2, 0) is 4.74 Å². The van der Waals surface area contributed by atoms with Crippen molar-refractivity contribution in [2.24, 2.45) is 5.92 Å². The number of ether oxygens (including phenoxy) is 1. The number of rotatable bonds is 15. The molecular weight excluding hydrogens is 539 g/mol. The molecule has 44 heavy (non-hydrogen) atoms. The van der Waals surface area contributed by atoms with Crippen molar-refractivity contribution in [3.63, 3.8) is 0 Å². The Morgan fingerprint density at radius 1 is 0.545 bits per heavy atom. The Kier molecular flexibility index (Phi) is 13.7. The zero-order chi connectivity index (χ0) is 30.6. The van der Waals surface area contributed by atoms with Gasteiger partial charge >= 0.3 is 0 Å². The van der Waals surface area contributed by atoms with Gasteiger partial charge in [0, 0.05) is 6.61 Å². The predicted octanol–water partition coefficient (Wildman–Crippen LogP) is 13.1. The molecule has 3 saturated carbocycles. The third kappa shape index (κ3) is 9.67. The van der Waals surface area contributed by atoms with E-state index in [1.807, 2.05) is 6.07 Å². The SMILES string of the molecule is CCCCCCCCC1CCC(c2ccc(C3CCC(c4ccc(C5CCC(OCCCC)CC5)c(F)c4)CC3)cc2)CC1. The minimum absolute atomic E-state index is 0.0343. The summed E-state index contributed by atoms with van der Waals surface area (Å²) in [7, 11) is 0. The maximum Gasteiger partial charge on any atom is 0.126 e. The predicted molar refractivity (Wildman–Crippen MR) is 185 cm³/mol. The molecule has 0 saturated heterocycles. The highest BCUT2D eigenvalue weighted by molar-refractivity contribution is 5.32. The third-order valence-corrected chi connectivity index (χ3v) is 11.9. The van der Waals surface area contributed by atoms with Crippen LogP contribution in [0.2, 0.25) is 0 Å². The maximum atomic E-state index is 15.4. The van der Waals surface area contributed by atoms with Crippen LogP contribution >= 0.6 is 0 Å². The highest BCUT2D eigenvalue weighted by Crippen LogP contribution is 2.43. The van der Waals surface area contributed by atoms with Crippen LogP contribution in [0, 0.1) is 11.7 Å². The first-order valence-electron chi connectivity index (χ1n) is 19.1. The first-order chi connectivity index (χ1) is 21.6. The zero-order valence-corrected chi connectivity index (χ0v) is 28.3. The fraction of sp³-hybridized carbons (Fsp3) is 0.714. The van der Waals surface area contributed by atoms with E-state index in [9.17, 15) is 0 Å². The molecule has 0 atom stereocenters. The van der Waals surface area contributed by atoms with Crippen LogP contribution in [0.5, 0.6) is 0 Å². The summed E-state index contributed by atoms with van der Waals surface area (Å²) in [6.45, 7) is 5.39. The van der Waals surface area contributed by atoms with Gasteiger partial charge in [-0.3, -0.25) is 0 Å². The lowest BCUT2D eigenvalue weighted by atomic mass is 9.74. The van der Waals surface area contributed by atoms with E-state index in [-0.39, 0.29) is 5.82 Å². The Balaban J connectivity index is 1.03. The van der Waals surface area contributed by atoms with Crippen LogP contribution < -0.4 is 0 Å². The van der Waals surface area contributed by atoms with Crippen molar-refractivity contribution < 1.29 is 9.13 Å². The molecule has 244 valence electrons. The van der Waals surface area contributed by atoms with Crippen molar-refractivity contribution in [3.05, 3.63) is 70.5 Å². The van der Waals surface area contributed by atoms with E-state index in [2.05, 4.69) is 50.2 Å². The van der Waals surface area contributed by atoms with Crippen molar-refractivity contribution >= 4 is 0 Å². The molecule has 2 heteroatoms. The first kappa shape index (κ1) is 33.7. The standard InChI is InChI=1S/C42H63FO/c1-3-5-7-8-9-10-11-32-12-14-33(15-13-32)34-16-18-35(19-17-34)36-20-22-37(23-21-36)39-26-29-41(42(43)31-39)38-24-27-40(28-25-38)44-30-6-4-2/h16-19,26,29,31-33,36-38,40H,3-15,20-25,27-28,30H2,1-2H3. The molecule has 0 amide bonds. The smallest absolute Gasteiger partial charge is 0.126 e. The molecule has 2 aromatic carbocycles. The lowest BCUT2D eigenvalue weighted by molar-refractivity contribution is 0.0230. The summed E-state index contributed by atoms with van der Waals surface area (Å²) < 4.78 is 21.4. The molecule has 0 unspecified atom stereocenters. The Morgan fingerprint density at radius 3 is 1.64 bits per heavy atom. The molecule has 1 nitrogen and oxygen atoms in total. The summed E-state index contributed by atoms with van der Waals surface area (Å²) in [5, 5.41) is 0. The average Bonchev–Trinajstić information content (AvgIpc) is 3.07. The Hall–Kier alpha value is -1.67. The van der Waals surface area contributed by atoms with Crippen LogP contribution in [0.15, 0.2) is 42.5 Å². The van der Waals surface area contributed by atoms with Gasteiger partial charge in [0.05, 0.1) is 6.10 Å². The minimum atomic E-state index is 0.0343. The fourth-order valence-electron chi connectivity index (χ4n) is 8.86. The van der Waals surface area contributed by atoms with Gasteiger partial charge in [-0.2, -0.15) is 0 Å². The molecule has 5 rings (SSSR count). The lowest BCUT2D eigenvalue weighted by Crippen LogP contribution is -2.22. The highest BCUT2D eigenvalue weighted by atomic mass is 19.1. The van der Waals surface area contributed by atoms with E-state index in [1.54, 1.807) is 5.56 Å². The van der Waals surface area contributed by atoms with Crippen LogP contribution in [0.1, 0.15) is 195 Å². The Morgan fingerprint density at radius 2 is 1.05 bits per heavy atom. The molecule has 2 aromatic rings. The molecule has 0 radical (unpaired) electrons. The normalized spacial score (nSPS) is 27.8. The molecule has 0 heterocycles. The van der Waals surface area contributed by atoms with Crippen LogP contribution in [0.4, 0.5) is 4.39 Å². The van der Waals surface area contributed by atoms with Gasteiger partial charge in [-0.1, -0.05) is 102 Å². The van der Waals surface area contributed by atoms with E-state index < -0.39 is 0 Å².